The van der Waals surface area contributed by atoms with Gasteiger partial charge in [0.05, 0.1) is 12.8 Å². The lowest BCUT2D eigenvalue weighted by Gasteiger charge is -2.36. The zero-order chi connectivity index (χ0) is 20.2. The van der Waals surface area contributed by atoms with Crippen LogP contribution in [0.1, 0.15) is 5.76 Å². The fourth-order valence-corrected chi connectivity index (χ4v) is 3.66. The summed E-state index contributed by atoms with van der Waals surface area (Å²) >= 11 is 0. The first-order valence-corrected chi connectivity index (χ1v) is 9.63. The molecule has 4 rings (SSSR count). The smallest absolute Gasteiger partial charge is 0.495 e. The van der Waals surface area contributed by atoms with Crippen LogP contribution in [0.4, 0.5) is 10.1 Å². The molecule has 1 saturated heterocycles. The number of nitrogens with zero attached hydrogens (tertiary/aromatic N) is 2. The van der Waals surface area contributed by atoms with E-state index in [2.05, 4.69) is 15.9 Å². The van der Waals surface area contributed by atoms with Crippen molar-refractivity contribution in [3.63, 3.8) is 0 Å². The molecule has 0 amide bonds. The zero-order valence-corrected chi connectivity index (χ0v) is 17.5. The summed E-state index contributed by atoms with van der Waals surface area (Å²) in [5.74, 6) is 0.677. The number of hydrogen-bond donors (Lipinski definition) is 0. The van der Waals surface area contributed by atoms with Gasteiger partial charge >= 0.3 is 5.82 Å². The molecule has 1 aliphatic heterocycles. The highest BCUT2D eigenvalue weighted by Crippen LogP contribution is 2.28. The third-order valence-corrected chi connectivity index (χ3v) is 5.20. The van der Waals surface area contributed by atoms with Gasteiger partial charge < -0.3 is 18.5 Å². The van der Waals surface area contributed by atoms with Crippen molar-refractivity contribution in [2.45, 2.75) is 6.42 Å². The van der Waals surface area contributed by atoms with Gasteiger partial charge in [-0.3, -0.25) is 4.90 Å². The molecule has 0 bridgehead atoms. The van der Waals surface area contributed by atoms with Crippen molar-refractivity contribution in [2.75, 3.05) is 44.7 Å². The van der Waals surface area contributed by atoms with Gasteiger partial charge in [-0.1, -0.05) is 12.1 Å². The third-order valence-electron chi connectivity index (χ3n) is 5.20. The number of para-hydroxylation sites is 2. The minimum absolute atomic E-state index is 0. The number of halogens is 2. The first kappa shape index (κ1) is 21.9. The van der Waals surface area contributed by atoms with E-state index in [0.717, 1.165) is 44.2 Å². The molecule has 1 aromatic heterocycles. The molecule has 0 atom stereocenters. The van der Waals surface area contributed by atoms with E-state index in [-0.39, 0.29) is 18.2 Å². The Kier molecular flexibility index (Phi) is 7.18. The van der Waals surface area contributed by atoms with Crippen molar-refractivity contribution in [2.24, 2.45) is 0 Å². The maximum absolute atomic E-state index is 13.2. The van der Waals surface area contributed by atoms with Crippen LogP contribution in [0.3, 0.4) is 0 Å². The monoisotopic (exact) mass is 434 g/mol. The van der Waals surface area contributed by atoms with Crippen LogP contribution in [0.5, 0.6) is 5.75 Å². The van der Waals surface area contributed by atoms with Gasteiger partial charge in [-0.2, -0.15) is 0 Å². The van der Waals surface area contributed by atoms with Gasteiger partial charge in [-0.05, 0) is 36.4 Å². The second-order valence-electron chi connectivity index (χ2n) is 6.96. The molecule has 2 heterocycles. The van der Waals surface area contributed by atoms with E-state index in [9.17, 15) is 9.18 Å². The van der Waals surface area contributed by atoms with Crippen molar-refractivity contribution in [1.29, 1.82) is 0 Å². The van der Waals surface area contributed by atoms with Crippen LogP contribution in [0, 0.1) is 5.82 Å². The number of benzene rings is 2. The molecule has 0 saturated carbocycles. The highest BCUT2D eigenvalue weighted by Gasteiger charge is 2.21. The standard InChI is InChI=1S/C22H23FN2O4.ClH/c1-27-19-5-3-2-4-18(19)25-14-12-24(13-15-25)11-10-20-21(29-22(26)28-20)16-6-8-17(23)9-7-16;/h2-9H,10-15H2,1H3;1H. The van der Waals surface area contributed by atoms with E-state index in [1.54, 1.807) is 19.2 Å². The Morgan fingerprint density at radius 2 is 1.70 bits per heavy atom. The van der Waals surface area contributed by atoms with Crippen LogP contribution in [-0.2, 0) is 6.42 Å². The van der Waals surface area contributed by atoms with Gasteiger partial charge in [0.2, 0.25) is 0 Å². The zero-order valence-electron chi connectivity index (χ0n) is 16.7. The third kappa shape index (κ3) is 4.86. The first-order valence-electron chi connectivity index (χ1n) is 9.63. The number of anilines is 1. The molecule has 1 fully saturated rings. The number of ether oxygens (including phenoxy) is 1. The summed E-state index contributed by atoms with van der Waals surface area (Å²) in [7, 11) is 1.69. The Labute approximate surface area is 180 Å². The van der Waals surface area contributed by atoms with E-state index in [0.29, 0.717) is 23.5 Å². The number of methoxy groups -OCH3 is 1. The summed E-state index contributed by atoms with van der Waals surface area (Å²) in [6.07, 6.45) is 0.549. The summed E-state index contributed by atoms with van der Waals surface area (Å²) in [4.78, 5) is 16.3. The van der Waals surface area contributed by atoms with Gasteiger partial charge in [0, 0.05) is 44.7 Å². The lowest BCUT2D eigenvalue weighted by atomic mass is 10.1. The van der Waals surface area contributed by atoms with Crippen LogP contribution < -0.4 is 15.5 Å². The van der Waals surface area contributed by atoms with E-state index in [4.69, 9.17) is 13.6 Å². The fourth-order valence-electron chi connectivity index (χ4n) is 3.66. The van der Waals surface area contributed by atoms with E-state index < -0.39 is 5.82 Å². The molecule has 6 nitrogen and oxygen atoms in total. The fraction of sp³-hybridized carbons (Fsp3) is 0.318. The van der Waals surface area contributed by atoms with Gasteiger partial charge in [-0.25, -0.2) is 9.18 Å². The van der Waals surface area contributed by atoms with Gasteiger partial charge in [0.1, 0.15) is 11.6 Å². The maximum atomic E-state index is 13.2. The minimum Gasteiger partial charge on any atom is -0.495 e. The molecule has 0 N–H and O–H groups in total. The Bertz CT molecular complexity index is 1010. The second-order valence-corrected chi connectivity index (χ2v) is 6.96. The summed E-state index contributed by atoms with van der Waals surface area (Å²) in [6, 6.07) is 13.9. The Hall–Kier alpha value is -2.77. The van der Waals surface area contributed by atoms with Crippen molar-refractivity contribution >= 4 is 18.1 Å². The van der Waals surface area contributed by atoms with Gasteiger partial charge in [0.15, 0.2) is 11.5 Å². The minimum atomic E-state index is -0.736. The number of hydrogen-bond acceptors (Lipinski definition) is 6. The molecule has 1 aliphatic rings. The summed E-state index contributed by atoms with van der Waals surface area (Å²) in [6.45, 7) is 4.31. The topological polar surface area (TPSA) is 59.1 Å². The molecule has 30 heavy (non-hydrogen) atoms. The van der Waals surface area contributed by atoms with Crippen LogP contribution >= 0.6 is 12.4 Å². The number of piperazine rings is 1. The van der Waals surface area contributed by atoms with Crippen molar-refractivity contribution in [3.05, 3.63) is 70.7 Å². The largest absolute Gasteiger partial charge is 0.519 e. The van der Waals surface area contributed by atoms with Crippen LogP contribution in [0.25, 0.3) is 11.3 Å². The molecule has 0 aliphatic carbocycles. The predicted molar refractivity (Wildman–Crippen MR) is 115 cm³/mol. The molecule has 0 radical (unpaired) electrons. The molecular formula is C22H24ClFN2O4. The lowest BCUT2D eigenvalue weighted by molar-refractivity contribution is 0.253. The van der Waals surface area contributed by atoms with Crippen LogP contribution in [0.2, 0.25) is 0 Å². The van der Waals surface area contributed by atoms with E-state index in [1.807, 2.05) is 18.2 Å². The predicted octanol–water partition coefficient (Wildman–Crippen LogP) is 3.83. The molecule has 160 valence electrons. The molecule has 2 aromatic carbocycles. The van der Waals surface area contributed by atoms with Crippen LogP contribution in [-0.4, -0.2) is 44.7 Å². The average molecular weight is 435 g/mol. The molecule has 0 spiro atoms. The van der Waals surface area contributed by atoms with Crippen molar-refractivity contribution in [1.82, 2.24) is 4.90 Å². The number of rotatable bonds is 6. The van der Waals surface area contributed by atoms with E-state index in [1.165, 1.54) is 12.1 Å². The lowest BCUT2D eigenvalue weighted by Crippen LogP contribution is -2.47. The van der Waals surface area contributed by atoms with Gasteiger partial charge in [0.25, 0.3) is 0 Å². The SMILES string of the molecule is COc1ccccc1N1CCN(CCc2oc(=O)oc2-c2ccc(F)cc2)CC1.Cl. The van der Waals surface area contributed by atoms with E-state index >= 15 is 0 Å². The summed E-state index contributed by atoms with van der Waals surface area (Å²) in [5, 5.41) is 0. The second kappa shape index (κ2) is 9.82. The summed E-state index contributed by atoms with van der Waals surface area (Å²) < 4.78 is 29.1. The highest BCUT2D eigenvalue weighted by molar-refractivity contribution is 5.85. The highest BCUT2D eigenvalue weighted by atomic mass is 35.5. The average Bonchev–Trinajstić information content (AvgIpc) is 3.13. The Balaban J connectivity index is 0.00000256. The maximum Gasteiger partial charge on any atom is 0.519 e. The summed E-state index contributed by atoms with van der Waals surface area (Å²) in [5.41, 5.74) is 1.74. The first-order chi connectivity index (χ1) is 14.1. The van der Waals surface area contributed by atoms with Gasteiger partial charge in [-0.15, -0.1) is 12.4 Å². The van der Waals surface area contributed by atoms with Crippen molar-refractivity contribution < 1.29 is 18.0 Å². The molecule has 3 aromatic rings. The molecule has 8 heteroatoms. The Morgan fingerprint density at radius 1 is 1.00 bits per heavy atom. The quantitative estimate of drug-likeness (QED) is 0.587. The Morgan fingerprint density at radius 3 is 2.40 bits per heavy atom. The van der Waals surface area contributed by atoms with Crippen LogP contribution in [0.15, 0.2) is 62.2 Å². The van der Waals surface area contributed by atoms with Crippen molar-refractivity contribution in [3.8, 4) is 17.1 Å². The molecule has 0 unspecified atom stereocenters. The normalized spacial score (nSPS) is 14.4. The molecular weight excluding hydrogens is 411 g/mol.